The van der Waals surface area contributed by atoms with Crippen molar-refractivity contribution in [1.82, 2.24) is 9.80 Å². The molecule has 2 saturated heterocycles. The molecule has 0 spiro atoms. The number of piperidine rings is 1. The molecule has 0 radical (unpaired) electrons. The second-order valence-corrected chi connectivity index (χ2v) is 7.58. The molecule has 3 rings (SSSR count). The molecule has 116 valence electrons. The van der Waals surface area contributed by atoms with Crippen LogP contribution in [0, 0.1) is 0 Å². The number of nitrogens with zero attached hydrogens (tertiary/aromatic N) is 2. The van der Waals surface area contributed by atoms with E-state index in [1.54, 1.807) is 0 Å². The Kier molecular flexibility index (Phi) is 5.23. The Hall–Kier alpha value is -0.130. The van der Waals surface area contributed by atoms with Gasteiger partial charge in [0.05, 0.1) is 0 Å². The molecule has 0 saturated carbocycles. The summed E-state index contributed by atoms with van der Waals surface area (Å²) in [6, 6.07) is 7.21. The number of nitrogens with two attached hydrogens (primary N) is 1. The number of benzene rings is 1. The fraction of sp³-hybridized carbons (Fsp3) is 0.625. The van der Waals surface area contributed by atoms with E-state index in [0.717, 1.165) is 28.9 Å². The minimum absolute atomic E-state index is 0.420. The average molecular weight is 373 g/mol. The van der Waals surface area contributed by atoms with Crippen LogP contribution in [0.4, 0.5) is 0 Å². The zero-order chi connectivity index (χ0) is 14.8. The predicted octanol–water partition coefficient (Wildman–Crippen LogP) is 3.10. The molecular weight excluding hydrogens is 350 g/mol. The van der Waals surface area contributed by atoms with Crippen LogP contribution in [-0.2, 0) is 6.54 Å². The van der Waals surface area contributed by atoms with Crippen LogP contribution in [0.2, 0.25) is 5.02 Å². The van der Waals surface area contributed by atoms with Crippen molar-refractivity contribution < 1.29 is 0 Å². The zero-order valence-corrected chi connectivity index (χ0v) is 14.6. The Morgan fingerprint density at radius 1 is 1.19 bits per heavy atom. The van der Waals surface area contributed by atoms with Gasteiger partial charge in [0, 0.05) is 41.2 Å². The van der Waals surface area contributed by atoms with E-state index in [4.69, 9.17) is 17.3 Å². The molecule has 0 bridgehead atoms. The second kappa shape index (κ2) is 6.97. The largest absolute Gasteiger partial charge is 0.328 e. The maximum Gasteiger partial charge on any atom is 0.0417 e. The summed E-state index contributed by atoms with van der Waals surface area (Å²) in [7, 11) is 0. The normalized spacial score (nSPS) is 25.6. The molecule has 2 heterocycles. The fourth-order valence-electron chi connectivity index (χ4n) is 3.43. The van der Waals surface area contributed by atoms with Gasteiger partial charge >= 0.3 is 0 Å². The standard InChI is InChI=1S/C16H23BrClN3/c17-16-9-13(18)2-1-12(16)10-20-6-5-15(11-20)21-7-3-14(19)4-8-21/h1-2,9,14-15H,3-8,10-11,19H2. The number of halogens is 2. The van der Waals surface area contributed by atoms with Crippen LogP contribution in [0.25, 0.3) is 0 Å². The molecule has 0 aliphatic carbocycles. The molecule has 2 aliphatic heterocycles. The van der Waals surface area contributed by atoms with Crippen LogP contribution in [0.5, 0.6) is 0 Å². The van der Waals surface area contributed by atoms with E-state index in [-0.39, 0.29) is 0 Å². The number of likely N-dealkylation sites (tertiary alicyclic amines) is 2. The smallest absolute Gasteiger partial charge is 0.0417 e. The summed E-state index contributed by atoms with van der Waals surface area (Å²) in [6.45, 7) is 5.70. The lowest BCUT2D eigenvalue weighted by molar-refractivity contribution is 0.151. The Bertz CT molecular complexity index is 488. The van der Waals surface area contributed by atoms with Gasteiger partial charge in [0.15, 0.2) is 0 Å². The number of hydrogen-bond acceptors (Lipinski definition) is 3. The molecule has 2 fully saturated rings. The van der Waals surface area contributed by atoms with Gasteiger partial charge in [-0.1, -0.05) is 33.6 Å². The van der Waals surface area contributed by atoms with Crippen molar-refractivity contribution in [3.05, 3.63) is 33.3 Å². The Balaban J connectivity index is 1.55. The first-order valence-corrected chi connectivity index (χ1v) is 8.95. The van der Waals surface area contributed by atoms with Gasteiger partial charge in [-0.15, -0.1) is 0 Å². The summed E-state index contributed by atoms with van der Waals surface area (Å²) in [4.78, 5) is 5.19. The van der Waals surface area contributed by atoms with E-state index in [1.807, 2.05) is 12.1 Å². The van der Waals surface area contributed by atoms with Gasteiger partial charge in [0.25, 0.3) is 0 Å². The predicted molar refractivity (Wildman–Crippen MR) is 91.6 cm³/mol. The van der Waals surface area contributed by atoms with Crippen LogP contribution < -0.4 is 5.73 Å². The van der Waals surface area contributed by atoms with E-state index in [1.165, 1.54) is 38.2 Å². The molecule has 2 aliphatic rings. The van der Waals surface area contributed by atoms with Gasteiger partial charge in [0.1, 0.15) is 0 Å². The monoisotopic (exact) mass is 371 g/mol. The topological polar surface area (TPSA) is 32.5 Å². The third-order valence-electron chi connectivity index (χ3n) is 4.75. The Morgan fingerprint density at radius 3 is 2.67 bits per heavy atom. The molecule has 1 unspecified atom stereocenters. The van der Waals surface area contributed by atoms with Crippen molar-refractivity contribution in [2.45, 2.75) is 37.9 Å². The van der Waals surface area contributed by atoms with Gasteiger partial charge < -0.3 is 5.73 Å². The van der Waals surface area contributed by atoms with Crippen LogP contribution in [-0.4, -0.2) is 48.1 Å². The minimum Gasteiger partial charge on any atom is -0.328 e. The van der Waals surface area contributed by atoms with E-state index >= 15 is 0 Å². The summed E-state index contributed by atoms with van der Waals surface area (Å²) < 4.78 is 1.11. The molecule has 1 aromatic carbocycles. The molecule has 0 aromatic heterocycles. The summed E-state index contributed by atoms with van der Waals surface area (Å²) in [6.07, 6.45) is 3.58. The first kappa shape index (κ1) is 15.8. The van der Waals surface area contributed by atoms with Gasteiger partial charge in [0.2, 0.25) is 0 Å². The van der Waals surface area contributed by atoms with E-state index in [0.29, 0.717) is 12.1 Å². The van der Waals surface area contributed by atoms with Gasteiger partial charge in [-0.25, -0.2) is 0 Å². The first-order valence-electron chi connectivity index (χ1n) is 7.78. The van der Waals surface area contributed by atoms with Gasteiger partial charge in [-0.05, 0) is 50.0 Å². The number of rotatable bonds is 3. The van der Waals surface area contributed by atoms with Gasteiger partial charge in [-0.3, -0.25) is 9.80 Å². The molecular formula is C16H23BrClN3. The Morgan fingerprint density at radius 2 is 1.95 bits per heavy atom. The molecule has 1 aromatic rings. The fourth-order valence-corrected chi connectivity index (χ4v) is 4.24. The third kappa shape index (κ3) is 3.99. The molecule has 1 atom stereocenters. The molecule has 5 heteroatoms. The molecule has 21 heavy (non-hydrogen) atoms. The average Bonchev–Trinajstić information content (AvgIpc) is 2.91. The first-order chi connectivity index (χ1) is 10.1. The summed E-state index contributed by atoms with van der Waals surface area (Å²) >= 11 is 9.63. The maximum atomic E-state index is 6.01. The molecule has 0 amide bonds. The van der Waals surface area contributed by atoms with E-state index in [2.05, 4.69) is 31.8 Å². The summed E-state index contributed by atoms with van der Waals surface area (Å²) in [5, 5.41) is 0.787. The Labute approximate surface area is 140 Å². The number of hydrogen-bond donors (Lipinski definition) is 1. The molecule has 3 nitrogen and oxygen atoms in total. The van der Waals surface area contributed by atoms with Crippen molar-refractivity contribution in [2.24, 2.45) is 5.73 Å². The van der Waals surface area contributed by atoms with Crippen molar-refractivity contribution in [3.63, 3.8) is 0 Å². The lowest BCUT2D eigenvalue weighted by Crippen LogP contribution is -2.46. The second-order valence-electron chi connectivity index (χ2n) is 6.29. The van der Waals surface area contributed by atoms with Crippen LogP contribution in [0.15, 0.2) is 22.7 Å². The summed E-state index contributed by atoms with van der Waals surface area (Å²) in [5.41, 5.74) is 7.32. The third-order valence-corrected chi connectivity index (χ3v) is 5.72. The quantitative estimate of drug-likeness (QED) is 0.885. The van der Waals surface area contributed by atoms with Crippen molar-refractivity contribution in [3.8, 4) is 0 Å². The maximum absolute atomic E-state index is 6.01. The highest BCUT2D eigenvalue weighted by Gasteiger charge is 2.29. The van der Waals surface area contributed by atoms with E-state index in [9.17, 15) is 0 Å². The van der Waals surface area contributed by atoms with Crippen molar-refractivity contribution in [1.29, 1.82) is 0 Å². The lowest BCUT2D eigenvalue weighted by atomic mass is 10.0. The highest BCUT2D eigenvalue weighted by atomic mass is 79.9. The highest BCUT2D eigenvalue weighted by Crippen LogP contribution is 2.26. The van der Waals surface area contributed by atoms with Crippen molar-refractivity contribution >= 4 is 27.5 Å². The van der Waals surface area contributed by atoms with Gasteiger partial charge in [-0.2, -0.15) is 0 Å². The van der Waals surface area contributed by atoms with Crippen LogP contribution in [0.3, 0.4) is 0 Å². The molecule has 2 N–H and O–H groups in total. The SMILES string of the molecule is NC1CCN(C2CCN(Cc3ccc(Cl)cc3Br)C2)CC1. The lowest BCUT2D eigenvalue weighted by Gasteiger charge is -2.34. The van der Waals surface area contributed by atoms with Crippen LogP contribution >= 0.6 is 27.5 Å². The summed E-state index contributed by atoms with van der Waals surface area (Å²) in [5.74, 6) is 0. The van der Waals surface area contributed by atoms with Crippen LogP contribution in [0.1, 0.15) is 24.8 Å². The van der Waals surface area contributed by atoms with E-state index < -0.39 is 0 Å². The van der Waals surface area contributed by atoms with Crippen molar-refractivity contribution in [2.75, 3.05) is 26.2 Å². The highest BCUT2D eigenvalue weighted by molar-refractivity contribution is 9.10. The zero-order valence-electron chi connectivity index (χ0n) is 12.3. The minimum atomic E-state index is 0.420.